The van der Waals surface area contributed by atoms with E-state index in [0.717, 1.165) is 54.0 Å². The number of aryl methyl sites for hydroxylation is 3. The third kappa shape index (κ3) is 4.06. The van der Waals surface area contributed by atoms with E-state index < -0.39 is 0 Å². The Morgan fingerprint density at radius 2 is 2.00 bits per heavy atom. The lowest BCUT2D eigenvalue weighted by Gasteiger charge is -2.22. The maximum atomic E-state index is 13.6. The van der Waals surface area contributed by atoms with Gasteiger partial charge in [-0.3, -0.25) is 9.58 Å². The lowest BCUT2D eigenvalue weighted by atomic mass is 10.1. The SMILES string of the molecule is CCn1nc(C)c(CN(CCOC)Cc2[nH]c3ccc(F)cc3c2C)c1C. The van der Waals surface area contributed by atoms with Gasteiger partial charge in [0.25, 0.3) is 0 Å². The van der Waals surface area contributed by atoms with Crippen LogP contribution in [-0.4, -0.2) is 39.9 Å². The van der Waals surface area contributed by atoms with Crippen molar-refractivity contribution in [2.24, 2.45) is 0 Å². The van der Waals surface area contributed by atoms with Crippen LogP contribution in [-0.2, 0) is 24.4 Å². The molecule has 2 heterocycles. The third-order valence-corrected chi connectivity index (χ3v) is 5.33. The van der Waals surface area contributed by atoms with Crippen LogP contribution in [0.3, 0.4) is 0 Å². The summed E-state index contributed by atoms with van der Waals surface area (Å²) in [4.78, 5) is 5.82. The van der Waals surface area contributed by atoms with Crippen LogP contribution < -0.4 is 0 Å². The van der Waals surface area contributed by atoms with Crippen LogP contribution in [0.5, 0.6) is 0 Å². The van der Waals surface area contributed by atoms with Gasteiger partial charge in [0.1, 0.15) is 5.82 Å². The summed E-state index contributed by atoms with van der Waals surface area (Å²) in [7, 11) is 1.72. The lowest BCUT2D eigenvalue weighted by molar-refractivity contribution is 0.139. The second-order valence-corrected chi connectivity index (χ2v) is 7.09. The normalized spacial score (nSPS) is 11.8. The van der Waals surface area contributed by atoms with Crippen molar-refractivity contribution in [1.82, 2.24) is 19.7 Å². The quantitative estimate of drug-likeness (QED) is 0.648. The number of halogens is 1. The number of H-pyrrole nitrogens is 1. The van der Waals surface area contributed by atoms with Gasteiger partial charge in [-0.2, -0.15) is 5.10 Å². The van der Waals surface area contributed by atoms with Gasteiger partial charge in [-0.15, -0.1) is 0 Å². The summed E-state index contributed by atoms with van der Waals surface area (Å²) in [6.45, 7) is 12.3. The van der Waals surface area contributed by atoms with E-state index in [0.29, 0.717) is 6.61 Å². The smallest absolute Gasteiger partial charge is 0.123 e. The topological polar surface area (TPSA) is 46.1 Å². The summed E-state index contributed by atoms with van der Waals surface area (Å²) in [5.74, 6) is -0.203. The molecule has 0 aliphatic heterocycles. The zero-order valence-electron chi connectivity index (χ0n) is 16.9. The molecule has 2 aromatic heterocycles. The first-order chi connectivity index (χ1) is 12.9. The lowest BCUT2D eigenvalue weighted by Crippen LogP contribution is -2.27. The number of nitrogens with zero attached hydrogens (tertiary/aromatic N) is 3. The van der Waals surface area contributed by atoms with Crippen molar-refractivity contribution < 1.29 is 9.13 Å². The van der Waals surface area contributed by atoms with Crippen LogP contribution in [0, 0.1) is 26.6 Å². The Morgan fingerprint density at radius 3 is 2.67 bits per heavy atom. The molecule has 0 bridgehead atoms. The molecular weight excluding hydrogens is 343 g/mol. The molecule has 6 heteroatoms. The molecule has 5 nitrogen and oxygen atoms in total. The largest absolute Gasteiger partial charge is 0.383 e. The van der Waals surface area contributed by atoms with Gasteiger partial charge in [-0.1, -0.05) is 0 Å². The fraction of sp³-hybridized carbons (Fsp3) is 0.476. The maximum Gasteiger partial charge on any atom is 0.123 e. The zero-order chi connectivity index (χ0) is 19.6. The van der Waals surface area contributed by atoms with Crippen molar-refractivity contribution in [3.8, 4) is 0 Å². The number of rotatable bonds is 8. The monoisotopic (exact) mass is 372 g/mol. The first-order valence-electron chi connectivity index (χ1n) is 9.45. The van der Waals surface area contributed by atoms with Gasteiger partial charge in [-0.25, -0.2) is 4.39 Å². The number of benzene rings is 1. The van der Waals surface area contributed by atoms with E-state index in [1.165, 1.54) is 17.3 Å². The molecule has 1 N–H and O–H groups in total. The molecule has 3 rings (SSSR count). The van der Waals surface area contributed by atoms with Crippen molar-refractivity contribution in [1.29, 1.82) is 0 Å². The molecule has 146 valence electrons. The average Bonchev–Trinajstić information content (AvgIpc) is 3.10. The number of aromatic amines is 1. The molecule has 1 aromatic carbocycles. The highest BCUT2D eigenvalue weighted by Gasteiger charge is 2.17. The van der Waals surface area contributed by atoms with Crippen LogP contribution >= 0.6 is 0 Å². The number of hydrogen-bond acceptors (Lipinski definition) is 3. The Balaban J connectivity index is 1.88. The Morgan fingerprint density at radius 1 is 1.22 bits per heavy atom. The summed E-state index contributed by atoms with van der Waals surface area (Å²) in [6, 6.07) is 4.90. The summed E-state index contributed by atoms with van der Waals surface area (Å²) in [6.07, 6.45) is 0. The minimum Gasteiger partial charge on any atom is -0.383 e. The van der Waals surface area contributed by atoms with E-state index >= 15 is 0 Å². The summed E-state index contributed by atoms with van der Waals surface area (Å²) in [5.41, 5.74) is 6.75. The maximum absolute atomic E-state index is 13.6. The standard InChI is InChI=1S/C21H29FN4O/c1-6-26-16(4)19(15(3)24-26)12-25(9-10-27-5)13-21-14(2)18-11-17(22)7-8-20(18)23-21/h7-8,11,23H,6,9-10,12-13H2,1-5H3. The number of hydrogen-bond donors (Lipinski definition) is 1. The zero-order valence-corrected chi connectivity index (χ0v) is 16.9. The molecule has 0 aliphatic rings. The minimum absolute atomic E-state index is 0.203. The molecule has 27 heavy (non-hydrogen) atoms. The molecule has 0 atom stereocenters. The van der Waals surface area contributed by atoms with E-state index in [4.69, 9.17) is 4.74 Å². The molecule has 0 radical (unpaired) electrons. The molecule has 0 amide bonds. The Hall–Kier alpha value is -2.18. The van der Waals surface area contributed by atoms with Crippen molar-refractivity contribution in [2.45, 2.75) is 47.3 Å². The fourth-order valence-electron chi connectivity index (χ4n) is 3.67. The molecular formula is C21H29FN4O. The van der Waals surface area contributed by atoms with Gasteiger partial charge in [0.2, 0.25) is 0 Å². The van der Waals surface area contributed by atoms with E-state index in [1.807, 2.05) is 6.92 Å². The van der Waals surface area contributed by atoms with Gasteiger partial charge in [-0.05, 0) is 51.5 Å². The molecule has 0 fully saturated rings. The van der Waals surface area contributed by atoms with Gasteiger partial charge in [0, 0.05) is 61.1 Å². The summed E-state index contributed by atoms with van der Waals surface area (Å²) in [5, 5.41) is 5.59. The molecule has 0 saturated heterocycles. The number of ether oxygens (including phenoxy) is 1. The van der Waals surface area contributed by atoms with Crippen LogP contribution in [0.1, 0.15) is 35.1 Å². The van der Waals surface area contributed by atoms with Crippen LogP contribution in [0.15, 0.2) is 18.2 Å². The van der Waals surface area contributed by atoms with Crippen molar-refractivity contribution >= 4 is 10.9 Å². The van der Waals surface area contributed by atoms with Crippen LogP contribution in [0.2, 0.25) is 0 Å². The summed E-state index contributed by atoms with van der Waals surface area (Å²) >= 11 is 0. The molecule has 0 aliphatic carbocycles. The highest BCUT2D eigenvalue weighted by molar-refractivity contribution is 5.84. The van der Waals surface area contributed by atoms with Crippen molar-refractivity contribution in [3.63, 3.8) is 0 Å². The van der Waals surface area contributed by atoms with Gasteiger partial charge in [0.05, 0.1) is 12.3 Å². The number of nitrogens with one attached hydrogen (secondary N) is 1. The second-order valence-electron chi connectivity index (χ2n) is 7.09. The number of fused-ring (bicyclic) bond motifs is 1. The molecule has 0 spiro atoms. The predicted octanol–water partition coefficient (Wildman–Crippen LogP) is 4.10. The van der Waals surface area contributed by atoms with Crippen molar-refractivity contribution in [3.05, 3.63) is 52.2 Å². The van der Waals surface area contributed by atoms with E-state index in [1.54, 1.807) is 19.2 Å². The Kier molecular flexibility index (Phi) is 5.97. The molecule has 3 aromatic rings. The highest BCUT2D eigenvalue weighted by atomic mass is 19.1. The first-order valence-corrected chi connectivity index (χ1v) is 9.45. The minimum atomic E-state index is -0.203. The van der Waals surface area contributed by atoms with Gasteiger partial charge < -0.3 is 9.72 Å². The number of methoxy groups -OCH3 is 1. The Labute approximate surface area is 160 Å². The van der Waals surface area contributed by atoms with E-state index in [9.17, 15) is 4.39 Å². The molecule has 0 unspecified atom stereocenters. The summed E-state index contributed by atoms with van der Waals surface area (Å²) < 4.78 is 21.0. The van der Waals surface area contributed by atoms with Crippen LogP contribution in [0.4, 0.5) is 4.39 Å². The average molecular weight is 372 g/mol. The Bertz CT molecular complexity index is 928. The number of aromatic nitrogens is 3. The van der Waals surface area contributed by atoms with Crippen LogP contribution in [0.25, 0.3) is 10.9 Å². The predicted molar refractivity (Wildman–Crippen MR) is 106 cm³/mol. The second kappa shape index (κ2) is 8.23. The van der Waals surface area contributed by atoms with Gasteiger partial charge >= 0.3 is 0 Å². The van der Waals surface area contributed by atoms with E-state index in [2.05, 4.69) is 40.4 Å². The fourth-order valence-corrected chi connectivity index (χ4v) is 3.67. The third-order valence-electron chi connectivity index (χ3n) is 5.33. The molecule has 0 saturated carbocycles. The van der Waals surface area contributed by atoms with Gasteiger partial charge in [0.15, 0.2) is 0 Å². The highest BCUT2D eigenvalue weighted by Crippen LogP contribution is 2.25. The van der Waals surface area contributed by atoms with Crippen molar-refractivity contribution in [2.75, 3.05) is 20.3 Å². The first kappa shape index (κ1) is 19.6. The van der Waals surface area contributed by atoms with E-state index in [-0.39, 0.29) is 5.82 Å².